The summed E-state index contributed by atoms with van der Waals surface area (Å²) >= 11 is 0. The predicted molar refractivity (Wildman–Crippen MR) is 103 cm³/mol. The molecule has 3 unspecified atom stereocenters. The van der Waals surface area contributed by atoms with E-state index < -0.39 is 60.8 Å². The summed E-state index contributed by atoms with van der Waals surface area (Å²) in [5.41, 5.74) is 0.277. The van der Waals surface area contributed by atoms with E-state index in [1.807, 2.05) is 0 Å². The molecule has 1 saturated heterocycles. The van der Waals surface area contributed by atoms with Gasteiger partial charge in [0.25, 0.3) is 5.91 Å². The monoisotopic (exact) mass is 524 g/mol. The average Bonchev–Trinajstić information content (AvgIpc) is 3.01. The zero-order chi connectivity index (χ0) is 24.3. The van der Waals surface area contributed by atoms with Crippen molar-refractivity contribution in [3.63, 3.8) is 0 Å². The molecular weight excluding hydrogens is 501 g/mol. The number of hydrogen-bond acceptors (Lipinski definition) is 11. The van der Waals surface area contributed by atoms with Crippen LogP contribution in [0, 0.1) is 0 Å². The number of carbonyl (C=O) groups excluding carboxylic acids is 1. The highest BCUT2D eigenvalue weighted by molar-refractivity contribution is 7.66. The fraction of sp³-hybridized carbons (Fsp3) is 0.615. The first kappa shape index (κ1) is 27.3. The molecule has 0 spiro atoms. The topological polar surface area (TPSA) is 231 Å². The maximum atomic E-state index is 11.9. The van der Waals surface area contributed by atoms with Gasteiger partial charge in [-0.25, -0.2) is 13.7 Å². The standard InChI is InChI=1S/C13H23N2O14P3/c1-3-4-25-9-5-11(15-6-8(2)12(16)14-13(15)17)27-10(9)7-26-31(21,22)29-32(23,24)28-30(18,19)20/h3,6,9-11,13,17H,1,4-5,7H2,2H3,(H,14,16)(H,21,22)(H,23,24)(H2,18,19,20)/t9-,10-,11-,13?/m1/s1. The van der Waals surface area contributed by atoms with Crippen LogP contribution < -0.4 is 5.32 Å². The molecule has 2 aliphatic heterocycles. The van der Waals surface area contributed by atoms with Crippen LogP contribution in [-0.2, 0) is 41.1 Å². The van der Waals surface area contributed by atoms with Crippen LogP contribution >= 0.6 is 23.5 Å². The van der Waals surface area contributed by atoms with Crippen molar-refractivity contribution < 1.29 is 65.8 Å². The van der Waals surface area contributed by atoms with E-state index in [2.05, 4.69) is 25.0 Å². The van der Waals surface area contributed by atoms with Gasteiger partial charge in [-0.05, 0) is 6.92 Å². The van der Waals surface area contributed by atoms with Crippen molar-refractivity contribution in [2.75, 3.05) is 13.2 Å². The van der Waals surface area contributed by atoms with E-state index in [1.54, 1.807) is 0 Å². The van der Waals surface area contributed by atoms with Gasteiger partial charge < -0.3 is 44.4 Å². The lowest BCUT2D eigenvalue weighted by Crippen LogP contribution is -2.53. The van der Waals surface area contributed by atoms with Gasteiger partial charge in [0, 0.05) is 18.2 Å². The van der Waals surface area contributed by atoms with E-state index in [9.17, 15) is 33.4 Å². The molecule has 0 aromatic heterocycles. The molecule has 0 aliphatic carbocycles. The molecule has 16 nitrogen and oxygen atoms in total. The van der Waals surface area contributed by atoms with Crippen molar-refractivity contribution in [3.05, 3.63) is 24.4 Å². The van der Waals surface area contributed by atoms with E-state index >= 15 is 0 Å². The van der Waals surface area contributed by atoms with Gasteiger partial charge >= 0.3 is 23.5 Å². The molecule has 2 rings (SSSR count). The van der Waals surface area contributed by atoms with Crippen molar-refractivity contribution >= 4 is 29.4 Å². The number of aliphatic hydroxyl groups excluding tert-OH is 1. The normalized spacial score (nSPS) is 30.2. The number of amides is 1. The van der Waals surface area contributed by atoms with Gasteiger partial charge in [-0.3, -0.25) is 9.32 Å². The third-order valence-corrected chi connectivity index (χ3v) is 7.81. The number of nitrogens with one attached hydrogen (secondary N) is 1. The highest BCUT2D eigenvalue weighted by Crippen LogP contribution is 2.66. The number of hydrogen-bond donors (Lipinski definition) is 6. The Bertz CT molecular complexity index is 889. The largest absolute Gasteiger partial charge is 0.490 e. The highest BCUT2D eigenvalue weighted by atomic mass is 31.3. The first-order valence-electron chi connectivity index (χ1n) is 8.73. The summed E-state index contributed by atoms with van der Waals surface area (Å²) in [4.78, 5) is 48.8. The number of phosphoric ester groups is 1. The van der Waals surface area contributed by atoms with Gasteiger partial charge in [-0.15, -0.1) is 6.58 Å². The number of nitrogens with zero attached hydrogens (tertiary/aromatic N) is 1. The quantitative estimate of drug-likeness (QED) is 0.149. The first-order valence-corrected chi connectivity index (χ1v) is 13.3. The molecule has 2 aliphatic rings. The Morgan fingerprint density at radius 1 is 1.25 bits per heavy atom. The van der Waals surface area contributed by atoms with E-state index in [4.69, 9.17) is 19.3 Å². The van der Waals surface area contributed by atoms with Crippen molar-refractivity contribution in [2.45, 2.75) is 38.1 Å². The Labute approximate surface area is 181 Å². The molecule has 19 heteroatoms. The molecule has 0 aromatic carbocycles. The zero-order valence-electron chi connectivity index (χ0n) is 16.5. The minimum Gasteiger partial charge on any atom is -0.371 e. The van der Waals surface area contributed by atoms with Gasteiger partial charge in [0.05, 0.1) is 19.3 Å². The number of phosphoric acid groups is 3. The van der Waals surface area contributed by atoms with Gasteiger partial charge in [0.1, 0.15) is 12.3 Å². The number of ether oxygens (including phenoxy) is 2. The lowest BCUT2D eigenvalue weighted by molar-refractivity contribution is -0.143. The molecule has 6 atom stereocenters. The summed E-state index contributed by atoms with van der Waals surface area (Å²) in [7, 11) is -16.5. The Morgan fingerprint density at radius 3 is 2.50 bits per heavy atom. The molecule has 184 valence electrons. The Balaban J connectivity index is 2.07. The second kappa shape index (κ2) is 10.5. The summed E-state index contributed by atoms with van der Waals surface area (Å²) in [6.45, 7) is 4.32. The van der Waals surface area contributed by atoms with Crippen LogP contribution in [0.4, 0.5) is 0 Å². The molecule has 0 saturated carbocycles. The van der Waals surface area contributed by atoms with Gasteiger partial charge in [-0.2, -0.15) is 8.62 Å². The van der Waals surface area contributed by atoms with Crippen LogP contribution in [-0.4, -0.2) is 73.5 Å². The van der Waals surface area contributed by atoms with Crippen LogP contribution in [0.2, 0.25) is 0 Å². The number of rotatable bonds is 11. The third kappa shape index (κ3) is 8.12. The van der Waals surface area contributed by atoms with Gasteiger partial charge in [-0.1, -0.05) is 6.08 Å². The summed E-state index contributed by atoms with van der Waals surface area (Å²) in [5.74, 6) is -0.490. The smallest absolute Gasteiger partial charge is 0.371 e. The van der Waals surface area contributed by atoms with Crippen LogP contribution in [0.15, 0.2) is 24.4 Å². The summed E-state index contributed by atoms with van der Waals surface area (Å²) in [5, 5.41) is 12.4. The molecule has 32 heavy (non-hydrogen) atoms. The molecular formula is C13H23N2O14P3. The average molecular weight is 524 g/mol. The van der Waals surface area contributed by atoms with Crippen molar-refractivity contribution in [1.29, 1.82) is 0 Å². The molecule has 2 heterocycles. The molecule has 0 radical (unpaired) electrons. The fourth-order valence-electron chi connectivity index (χ4n) is 2.77. The van der Waals surface area contributed by atoms with Crippen LogP contribution in [0.5, 0.6) is 0 Å². The van der Waals surface area contributed by atoms with Gasteiger partial charge in [0.2, 0.25) is 6.35 Å². The number of aliphatic hydroxyl groups is 1. The number of carbonyl (C=O) groups is 1. The second-order valence-electron chi connectivity index (χ2n) is 6.52. The fourth-order valence-corrected chi connectivity index (χ4v) is 5.80. The van der Waals surface area contributed by atoms with E-state index in [1.165, 1.54) is 24.1 Å². The predicted octanol–water partition coefficient (Wildman–Crippen LogP) is -0.373. The third-order valence-electron chi connectivity index (χ3n) is 4.00. The Morgan fingerprint density at radius 2 is 1.91 bits per heavy atom. The van der Waals surface area contributed by atoms with Crippen molar-refractivity contribution in [1.82, 2.24) is 10.2 Å². The van der Waals surface area contributed by atoms with Crippen LogP contribution in [0.25, 0.3) is 0 Å². The summed E-state index contributed by atoms with van der Waals surface area (Å²) in [6, 6.07) is 0. The molecule has 1 amide bonds. The zero-order valence-corrected chi connectivity index (χ0v) is 19.2. The lowest BCUT2D eigenvalue weighted by Gasteiger charge is -2.35. The highest BCUT2D eigenvalue weighted by Gasteiger charge is 2.45. The van der Waals surface area contributed by atoms with E-state index in [0.29, 0.717) is 0 Å². The minimum atomic E-state index is -5.66. The van der Waals surface area contributed by atoms with Gasteiger partial charge in [0.15, 0.2) is 0 Å². The molecule has 0 bridgehead atoms. The molecule has 6 N–H and O–H groups in total. The van der Waals surface area contributed by atoms with Crippen LogP contribution in [0.1, 0.15) is 13.3 Å². The van der Waals surface area contributed by atoms with Crippen molar-refractivity contribution in [2.24, 2.45) is 0 Å². The Kier molecular flexibility index (Phi) is 8.98. The maximum Gasteiger partial charge on any atom is 0.490 e. The summed E-state index contributed by atoms with van der Waals surface area (Å²) in [6.07, 6.45) is -1.25. The lowest BCUT2D eigenvalue weighted by atomic mass is 10.1. The summed E-state index contributed by atoms with van der Waals surface area (Å²) < 4.78 is 57.1. The van der Waals surface area contributed by atoms with E-state index in [-0.39, 0.29) is 18.6 Å². The first-order chi connectivity index (χ1) is 14.6. The van der Waals surface area contributed by atoms with Crippen molar-refractivity contribution in [3.8, 4) is 0 Å². The van der Waals surface area contributed by atoms with E-state index in [0.717, 1.165) is 0 Å². The van der Waals surface area contributed by atoms with Crippen LogP contribution in [0.3, 0.4) is 0 Å². The Hall–Kier alpha value is -0.960. The molecule has 1 fully saturated rings. The minimum absolute atomic E-state index is 0.0562. The maximum absolute atomic E-state index is 11.9. The SMILES string of the molecule is C=CCO[C@@H]1C[C@H](N2C=C(C)C(=O)NC2O)O[C@@H]1COP(=O)(O)OP(=O)(O)OP(=O)(O)O. The molecule has 0 aromatic rings. The second-order valence-corrected chi connectivity index (χ2v) is 10.9.